The van der Waals surface area contributed by atoms with E-state index in [2.05, 4.69) is 15.7 Å². The first kappa shape index (κ1) is 20.8. The van der Waals surface area contributed by atoms with Crippen LogP contribution in [0.25, 0.3) is 0 Å². The number of benzene rings is 1. The van der Waals surface area contributed by atoms with Crippen molar-refractivity contribution in [3.05, 3.63) is 68.6 Å². The third-order valence-corrected chi connectivity index (χ3v) is 5.30. The van der Waals surface area contributed by atoms with Crippen LogP contribution in [0.5, 0.6) is 0 Å². The Balaban J connectivity index is 1.72. The second-order valence-corrected chi connectivity index (χ2v) is 7.27. The molecule has 9 heteroatoms. The molecule has 0 unspecified atom stereocenters. The van der Waals surface area contributed by atoms with Gasteiger partial charge >= 0.3 is 6.03 Å². The highest BCUT2D eigenvalue weighted by Crippen LogP contribution is 2.27. The Morgan fingerprint density at radius 3 is 2.50 bits per heavy atom. The monoisotopic (exact) mass is 407 g/mol. The molecule has 30 heavy (non-hydrogen) atoms. The van der Waals surface area contributed by atoms with E-state index < -0.39 is 28.9 Å². The van der Waals surface area contributed by atoms with Crippen LogP contribution in [0, 0.1) is 25.2 Å². The summed E-state index contributed by atoms with van der Waals surface area (Å²) in [5.41, 5.74) is 2.95. The number of urea groups is 1. The van der Waals surface area contributed by atoms with E-state index in [-0.39, 0.29) is 18.4 Å². The summed E-state index contributed by atoms with van der Waals surface area (Å²) in [6.07, 6.45) is 0.187. The van der Waals surface area contributed by atoms with Crippen LogP contribution in [-0.2, 0) is 21.5 Å². The molecule has 0 radical (unpaired) electrons. The molecule has 2 aromatic rings. The molecule has 3 N–H and O–H groups in total. The van der Waals surface area contributed by atoms with Gasteiger partial charge < -0.3 is 10.3 Å². The second kappa shape index (κ2) is 7.83. The lowest BCUT2D eigenvalue weighted by Crippen LogP contribution is -2.48. The predicted molar refractivity (Wildman–Crippen MR) is 107 cm³/mol. The van der Waals surface area contributed by atoms with Crippen LogP contribution < -0.4 is 16.3 Å². The molecule has 0 saturated carbocycles. The normalized spacial score (nSPS) is 18.1. The van der Waals surface area contributed by atoms with E-state index in [4.69, 9.17) is 5.26 Å². The number of carbonyl (C=O) groups excluding carboxylic acids is 3. The number of hydrogen-bond acceptors (Lipinski definition) is 5. The van der Waals surface area contributed by atoms with Gasteiger partial charge in [0.1, 0.15) is 17.2 Å². The molecule has 3 rings (SSSR count). The van der Waals surface area contributed by atoms with Gasteiger partial charge in [-0.05, 0) is 43.9 Å². The fourth-order valence-corrected chi connectivity index (χ4v) is 3.55. The Bertz CT molecular complexity index is 1130. The summed E-state index contributed by atoms with van der Waals surface area (Å²) < 4.78 is 0. The molecular formula is C21H21N5O4. The standard InChI is InChI=1S/C21H21N5O4/c1-12-15(13(2)23-18(28)16(12)11-22)9-10-17(27)25-26-19(29)21(3,24-20(26)30)14-7-5-4-6-8-14/h4-8H,9-10H2,1-3H3,(H,23,28)(H,24,30)(H,25,27)/t21-/m1/s1. The first-order chi connectivity index (χ1) is 14.2. The number of aryl methyl sites for hydroxylation is 1. The van der Waals surface area contributed by atoms with Crippen molar-refractivity contribution in [2.24, 2.45) is 0 Å². The first-order valence-electron chi connectivity index (χ1n) is 9.33. The number of H-pyrrole nitrogens is 1. The molecule has 1 aromatic carbocycles. The van der Waals surface area contributed by atoms with Crippen LogP contribution in [0.2, 0.25) is 0 Å². The van der Waals surface area contributed by atoms with Crippen molar-refractivity contribution >= 4 is 17.8 Å². The van der Waals surface area contributed by atoms with Crippen molar-refractivity contribution < 1.29 is 14.4 Å². The van der Waals surface area contributed by atoms with Crippen LogP contribution in [0.1, 0.15) is 41.3 Å². The zero-order valence-electron chi connectivity index (χ0n) is 16.8. The van der Waals surface area contributed by atoms with E-state index >= 15 is 0 Å². The number of nitrogens with one attached hydrogen (secondary N) is 3. The number of nitriles is 1. The van der Waals surface area contributed by atoms with Crippen LogP contribution in [0.3, 0.4) is 0 Å². The van der Waals surface area contributed by atoms with E-state index in [9.17, 15) is 19.2 Å². The quantitative estimate of drug-likeness (QED) is 0.642. The third kappa shape index (κ3) is 3.55. The number of rotatable bonds is 5. The van der Waals surface area contributed by atoms with E-state index in [1.54, 1.807) is 51.1 Å². The second-order valence-electron chi connectivity index (χ2n) is 7.27. The molecule has 9 nitrogen and oxygen atoms in total. The van der Waals surface area contributed by atoms with E-state index in [0.717, 1.165) is 0 Å². The molecule has 2 heterocycles. The van der Waals surface area contributed by atoms with Crippen LogP contribution in [0.15, 0.2) is 35.1 Å². The third-order valence-electron chi connectivity index (χ3n) is 5.30. The van der Waals surface area contributed by atoms with Gasteiger partial charge in [0.05, 0.1) is 0 Å². The van der Waals surface area contributed by atoms with Crippen molar-refractivity contribution in [3.8, 4) is 6.07 Å². The van der Waals surface area contributed by atoms with Crippen molar-refractivity contribution in [2.45, 2.75) is 39.2 Å². The summed E-state index contributed by atoms with van der Waals surface area (Å²) in [5.74, 6) is -1.13. The SMILES string of the molecule is Cc1[nH]c(=O)c(C#N)c(C)c1CCC(=O)NN1C(=O)N[C@](C)(c2ccccc2)C1=O. The first-order valence-corrected chi connectivity index (χ1v) is 9.33. The predicted octanol–water partition coefficient (Wildman–Crippen LogP) is 1.29. The van der Waals surface area contributed by atoms with Gasteiger partial charge in [-0.2, -0.15) is 10.3 Å². The van der Waals surface area contributed by atoms with Crippen LogP contribution in [-0.4, -0.2) is 27.8 Å². The highest BCUT2D eigenvalue weighted by Gasteiger charge is 2.49. The maximum absolute atomic E-state index is 12.8. The summed E-state index contributed by atoms with van der Waals surface area (Å²) in [5, 5.41) is 12.4. The number of carbonyl (C=O) groups is 3. The number of imide groups is 1. The highest BCUT2D eigenvalue weighted by molar-refractivity contribution is 6.08. The van der Waals surface area contributed by atoms with Crippen molar-refractivity contribution in [1.29, 1.82) is 5.26 Å². The minimum atomic E-state index is -1.28. The molecule has 154 valence electrons. The van der Waals surface area contributed by atoms with E-state index in [1.807, 2.05) is 6.07 Å². The Hall–Kier alpha value is -3.93. The summed E-state index contributed by atoms with van der Waals surface area (Å²) in [7, 11) is 0. The lowest BCUT2D eigenvalue weighted by atomic mass is 9.92. The Morgan fingerprint density at radius 1 is 1.20 bits per heavy atom. The van der Waals surface area contributed by atoms with Crippen molar-refractivity contribution in [3.63, 3.8) is 0 Å². The molecule has 1 saturated heterocycles. The van der Waals surface area contributed by atoms with Gasteiger partial charge in [0.25, 0.3) is 11.5 Å². The van der Waals surface area contributed by atoms with Gasteiger partial charge in [-0.25, -0.2) is 4.79 Å². The molecule has 0 aliphatic carbocycles. The lowest BCUT2D eigenvalue weighted by Gasteiger charge is -2.22. The van der Waals surface area contributed by atoms with Gasteiger partial charge in [0.2, 0.25) is 5.91 Å². The van der Waals surface area contributed by atoms with Gasteiger partial charge in [0, 0.05) is 12.1 Å². The maximum atomic E-state index is 12.8. The average molecular weight is 407 g/mol. The molecular weight excluding hydrogens is 386 g/mol. The minimum absolute atomic E-state index is 0.00346. The Labute approximate surface area is 172 Å². The van der Waals surface area contributed by atoms with E-state index in [0.29, 0.717) is 27.4 Å². The fraction of sp³-hybridized carbons (Fsp3) is 0.286. The van der Waals surface area contributed by atoms with Gasteiger partial charge in [-0.15, -0.1) is 0 Å². The number of hydrogen-bond donors (Lipinski definition) is 3. The largest absolute Gasteiger partial charge is 0.344 e. The number of hydrazine groups is 1. The average Bonchev–Trinajstić information content (AvgIpc) is 2.92. The lowest BCUT2D eigenvalue weighted by molar-refractivity contribution is -0.139. The molecule has 0 bridgehead atoms. The number of nitrogens with zero attached hydrogens (tertiary/aromatic N) is 2. The minimum Gasteiger partial charge on any atom is -0.325 e. The Morgan fingerprint density at radius 2 is 1.87 bits per heavy atom. The fourth-order valence-electron chi connectivity index (χ4n) is 3.55. The zero-order valence-corrected chi connectivity index (χ0v) is 16.8. The molecule has 1 atom stereocenters. The highest BCUT2D eigenvalue weighted by atomic mass is 16.2. The molecule has 1 aromatic heterocycles. The number of aromatic nitrogens is 1. The van der Waals surface area contributed by atoms with Crippen molar-refractivity contribution in [2.75, 3.05) is 0 Å². The molecule has 1 aliphatic heterocycles. The van der Waals surface area contributed by atoms with Crippen LogP contribution in [0.4, 0.5) is 4.79 Å². The number of amides is 4. The van der Waals surface area contributed by atoms with E-state index in [1.165, 1.54) is 0 Å². The summed E-state index contributed by atoms with van der Waals surface area (Å²) in [6, 6.07) is 9.89. The number of aromatic amines is 1. The van der Waals surface area contributed by atoms with Gasteiger partial charge in [0.15, 0.2) is 0 Å². The smallest absolute Gasteiger partial charge is 0.325 e. The number of pyridine rings is 1. The molecule has 4 amide bonds. The molecule has 1 aliphatic rings. The van der Waals surface area contributed by atoms with Gasteiger partial charge in [-0.1, -0.05) is 30.3 Å². The maximum Gasteiger partial charge on any atom is 0.344 e. The topological polar surface area (TPSA) is 135 Å². The Kier molecular flexibility index (Phi) is 5.43. The van der Waals surface area contributed by atoms with Crippen LogP contribution >= 0.6 is 0 Å². The summed E-state index contributed by atoms with van der Waals surface area (Å²) in [6.45, 7) is 4.91. The van der Waals surface area contributed by atoms with Gasteiger partial charge in [-0.3, -0.25) is 19.8 Å². The summed E-state index contributed by atoms with van der Waals surface area (Å²) >= 11 is 0. The molecule has 1 fully saturated rings. The summed E-state index contributed by atoms with van der Waals surface area (Å²) in [4.78, 5) is 52.0. The van der Waals surface area contributed by atoms with Crippen molar-refractivity contribution in [1.82, 2.24) is 20.7 Å². The molecule has 0 spiro atoms. The zero-order chi connectivity index (χ0) is 22.1.